The molecule has 0 bridgehead atoms. The number of amides is 1. The number of anilines is 1. The van der Waals surface area contributed by atoms with Gasteiger partial charge in [0.2, 0.25) is 11.7 Å². The van der Waals surface area contributed by atoms with E-state index in [4.69, 9.17) is 8.94 Å². The van der Waals surface area contributed by atoms with Gasteiger partial charge in [0.05, 0.1) is 18.4 Å². The Labute approximate surface area is 144 Å². The molecule has 0 saturated heterocycles. The minimum absolute atomic E-state index is 0.0573. The predicted octanol–water partition coefficient (Wildman–Crippen LogP) is 3.98. The summed E-state index contributed by atoms with van der Waals surface area (Å²) in [6.07, 6.45) is 3.24. The van der Waals surface area contributed by atoms with Crippen LogP contribution in [0.3, 0.4) is 0 Å². The molecule has 0 saturated carbocycles. The highest BCUT2D eigenvalue weighted by molar-refractivity contribution is 5.96. The SMILES string of the molecule is CC1CCc2cc(F)ccc2N1C(=O)Cc1cc(-c2ccco2)on1. The Morgan fingerprint density at radius 2 is 2.20 bits per heavy atom. The maximum atomic E-state index is 13.5. The fourth-order valence-corrected chi connectivity index (χ4v) is 3.27. The van der Waals surface area contributed by atoms with Gasteiger partial charge in [-0.2, -0.15) is 0 Å². The minimum atomic E-state index is -0.278. The Hall–Kier alpha value is -2.89. The molecule has 128 valence electrons. The van der Waals surface area contributed by atoms with Crippen LogP contribution in [0.5, 0.6) is 0 Å². The first-order chi connectivity index (χ1) is 12.1. The third-order valence-corrected chi connectivity index (χ3v) is 4.50. The Balaban J connectivity index is 1.57. The molecule has 0 N–H and O–H groups in total. The average molecular weight is 340 g/mol. The number of benzene rings is 1. The topological polar surface area (TPSA) is 59.5 Å². The van der Waals surface area contributed by atoms with E-state index in [2.05, 4.69) is 5.16 Å². The number of nitrogens with zero attached hydrogens (tertiary/aromatic N) is 2. The number of aromatic nitrogens is 1. The zero-order valence-corrected chi connectivity index (χ0v) is 13.7. The summed E-state index contributed by atoms with van der Waals surface area (Å²) < 4.78 is 24.0. The number of carbonyl (C=O) groups is 1. The average Bonchev–Trinajstić information content (AvgIpc) is 3.26. The second-order valence-corrected chi connectivity index (χ2v) is 6.26. The van der Waals surface area contributed by atoms with E-state index in [-0.39, 0.29) is 24.2 Å². The lowest BCUT2D eigenvalue weighted by Gasteiger charge is -2.35. The van der Waals surface area contributed by atoms with E-state index in [0.29, 0.717) is 17.2 Å². The van der Waals surface area contributed by atoms with Crippen LogP contribution in [0, 0.1) is 5.82 Å². The molecule has 1 aromatic carbocycles. The third kappa shape index (κ3) is 2.95. The van der Waals surface area contributed by atoms with Gasteiger partial charge in [-0.3, -0.25) is 4.79 Å². The van der Waals surface area contributed by atoms with Gasteiger partial charge >= 0.3 is 0 Å². The van der Waals surface area contributed by atoms with E-state index in [0.717, 1.165) is 24.1 Å². The third-order valence-electron chi connectivity index (χ3n) is 4.50. The van der Waals surface area contributed by atoms with Gasteiger partial charge in [-0.1, -0.05) is 5.16 Å². The summed E-state index contributed by atoms with van der Waals surface area (Å²) in [5.74, 6) is 0.694. The van der Waals surface area contributed by atoms with Crippen LogP contribution in [0.1, 0.15) is 24.6 Å². The molecule has 6 heteroatoms. The highest BCUT2D eigenvalue weighted by Gasteiger charge is 2.29. The van der Waals surface area contributed by atoms with Crippen molar-refractivity contribution < 1.29 is 18.1 Å². The van der Waals surface area contributed by atoms with E-state index >= 15 is 0 Å². The molecule has 1 unspecified atom stereocenters. The van der Waals surface area contributed by atoms with Crippen LogP contribution in [0.2, 0.25) is 0 Å². The molecule has 1 atom stereocenters. The molecule has 3 aromatic rings. The van der Waals surface area contributed by atoms with Crippen LogP contribution in [0.4, 0.5) is 10.1 Å². The summed E-state index contributed by atoms with van der Waals surface area (Å²) in [5.41, 5.74) is 2.18. The molecule has 1 aliphatic heterocycles. The number of hydrogen-bond acceptors (Lipinski definition) is 4. The second-order valence-electron chi connectivity index (χ2n) is 6.26. The number of carbonyl (C=O) groups excluding carboxylic acids is 1. The van der Waals surface area contributed by atoms with Gasteiger partial charge in [0.15, 0.2) is 5.76 Å². The van der Waals surface area contributed by atoms with Gasteiger partial charge in [0, 0.05) is 17.8 Å². The molecule has 0 spiro atoms. The van der Waals surface area contributed by atoms with E-state index in [9.17, 15) is 9.18 Å². The van der Waals surface area contributed by atoms with Crippen LogP contribution < -0.4 is 4.90 Å². The second kappa shape index (κ2) is 6.20. The number of halogens is 1. The van der Waals surface area contributed by atoms with Gasteiger partial charge in [0.1, 0.15) is 5.82 Å². The summed E-state index contributed by atoms with van der Waals surface area (Å²) in [6, 6.07) is 9.86. The molecular formula is C19H17FN2O3. The van der Waals surface area contributed by atoms with Crippen molar-refractivity contribution in [1.82, 2.24) is 5.16 Å². The molecule has 25 heavy (non-hydrogen) atoms. The van der Waals surface area contributed by atoms with Crippen LogP contribution in [-0.4, -0.2) is 17.1 Å². The summed E-state index contributed by atoms with van der Waals surface area (Å²) in [5, 5.41) is 3.96. The number of hydrogen-bond donors (Lipinski definition) is 0. The maximum Gasteiger partial charge on any atom is 0.233 e. The lowest BCUT2D eigenvalue weighted by atomic mass is 9.96. The van der Waals surface area contributed by atoms with Gasteiger partial charge in [0.25, 0.3) is 0 Å². The van der Waals surface area contributed by atoms with Crippen LogP contribution in [-0.2, 0) is 17.6 Å². The van der Waals surface area contributed by atoms with E-state index in [1.165, 1.54) is 12.1 Å². The zero-order chi connectivity index (χ0) is 17.4. The largest absolute Gasteiger partial charge is 0.461 e. The van der Waals surface area contributed by atoms with Crippen molar-refractivity contribution in [2.75, 3.05) is 4.90 Å². The Morgan fingerprint density at radius 1 is 1.32 bits per heavy atom. The summed E-state index contributed by atoms with van der Waals surface area (Å²) >= 11 is 0. The van der Waals surface area contributed by atoms with Gasteiger partial charge < -0.3 is 13.8 Å². The molecule has 0 radical (unpaired) electrons. The Morgan fingerprint density at radius 3 is 3.00 bits per heavy atom. The van der Waals surface area contributed by atoms with Crippen molar-refractivity contribution in [1.29, 1.82) is 0 Å². The van der Waals surface area contributed by atoms with Crippen molar-refractivity contribution in [2.24, 2.45) is 0 Å². The van der Waals surface area contributed by atoms with Crippen LogP contribution >= 0.6 is 0 Å². The van der Waals surface area contributed by atoms with Gasteiger partial charge in [-0.15, -0.1) is 0 Å². The number of furan rings is 1. The molecule has 3 heterocycles. The molecule has 1 amide bonds. The molecule has 1 aliphatic rings. The van der Waals surface area contributed by atoms with Gasteiger partial charge in [-0.05, 0) is 55.7 Å². The monoisotopic (exact) mass is 340 g/mol. The van der Waals surface area contributed by atoms with Crippen molar-refractivity contribution in [3.8, 4) is 11.5 Å². The molecule has 4 rings (SSSR count). The van der Waals surface area contributed by atoms with Crippen LogP contribution in [0.25, 0.3) is 11.5 Å². The number of aryl methyl sites for hydroxylation is 1. The number of rotatable bonds is 3. The Bertz CT molecular complexity index is 901. The molecule has 0 aliphatic carbocycles. The quantitative estimate of drug-likeness (QED) is 0.723. The predicted molar refractivity (Wildman–Crippen MR) is 89.6 cm³/mol. The molecule has 2 aromatic heterocycles. The minimum Gasteiger partial charge on any atom is -0.461 e. The fraction of sp³-hybridized carbons (Fsp3) is 0.263. The summed E-state index contributed by atoms with van der Waals surface area (Å²) in [4.78, 5) is 14.6. The Kier molecular flexibility index (Phi) is 3.87. The first kappa shape index (κ1) is 15.6. The van der Waals surface area contributed by atoms with Crippen molar-refractivity contribution in [3.63, 3.8) is 0 Å². The molecular weight excluding hydrogens is 323 g/mol. The van der Waals surface area contributed by atoms with E-state index in [1.807, 2.05) is 6.92 Å². The van der Waals surface area contributed by atoms with Crippen LogP contribution in [0.15, 0.2) is 51.6 Å². The fourth-order valence-electron chi connectivity index (χ4n) is 3.27. The zero-order valence-electron chi connectivity index (χ0n) is 13.7. The van der Waals surface area contributed by atoms with Gasteiger partial charge in [-0.25, -0.2) is 4.39 Å². The highest BCUT2D eigenvalue weighted by atomic mass is 19.1. The van der Waals surface area contributed by atoms with E-state index in [1.54, 1.807) is 35.4 Å². The normalized spacial score (nSPS) is 16.7. The standard InChI is InChI=1S/C19H17FN2O3/c1-12-4-5-13-9-14(20)6-7-16(13)22(12)19(23)11-15-10-18(25-21-15)17-3-2-8-24-17/h2-3,6-10,12H,4-5,11H2,1H3. The van der Waals surface area contributed by atoms with Crippen molar-refractivity contribution in [2.45, 2.75) is 32.2 Å². The summed E-state index contributed by atoms with van der Waals surface area (Å²) in [7, 11) is 0. The first-order valence-corrected chi connectivity index (χ1v) is 8.22. The first-order valence-electron chi connectivity index (χ1n) is 8.22. The smallest absolute Gasteiger partial charge is 0.233 e. The lowest BCUT2D eigenvalue weighted by Crippen LogP contribution is -2.43. The van der Waals surface area contributed by atoms with Crippen molar-refractivity contribution in [3.05, 3.63) is 59.7 Å². The van der Waals surface area contributed by atoms with Crippen molar-refractivity contribution >= 4 is 11.6 Å². The lowest BCUT2D eigenvalue weighted by molar-refractivity contribution is -0.118. The number of fused-ring (bicyclic) bond motifs is 1. The summed E-state index contributed by atoms with van der Waals surface area (Å²) in [6.45, 7) is 2.00. The molecule has 0 fully saturated rings. The molecule has 5 nitrogen and oxygen atoms in total. The highest BCUT2D eigenvalue weighted by Crippen LogP contribution is 2.32. The van der Waals surface area contributed by atoms with E-state index < -0.39 is 0 Å². The maximum absolute atomic E-state index is 13.5.